The summed E-state index contributed by atoms with van der Waals surface area (Å²) < 4.78 is 8.25. The second-order valence-corrected chi connectivity index (χ2v) is 10.3. The van der Waals surface area contributed by atoms with Crippen molar-refractivity contribution in [1.29, 1.82) is 0 Å². The molecule has 3 aromatic rings. The minimum absolute atomic E-state index is 0.0310. The van der Waals surface area contributed by atoms with Crippen molar-refractivity contribution in [3.8, 4) is 5.75 Å². The third-order valence-electron chi connectivity index (χ3n) is 7.18. The first kappa shape index (κ1) is 23.9. The summed E-state index contributed by atoms with van der Waals surface area (Å²) in [5.74, 6) is 0.629. The van der Waals surface area contributed by atoms with E-state index in [-0.39, 0.29) is 29.0 Å². The number of hydrogen-bond acceptors (Lipinski definition) is 5. The Hall–Kier alpha value is -3.87. The van der Waals surface area contributed by atoms with Crippen LogP contribution in [0.4, 0.5) is 5.82 Å². The normalized spacial score (nSPS) is 18.3. The smallest absolute Gasteiger partial charge is 0.332 e. The van der Waals surface area contributed by atoms with E-state index in [0.29, 0.717) is 42.1 Å². The van der Waals surface area contributed by atoms with E-state index >= 15 is 0 Å². The number of nitrogens with zero attached hydrogens (tertiary/aromatic N) is 2. The number of allylic oxidation sites excluding steroid dienone is 2. The lowest BCUT2D eigenvalue weighted by Gasteiger charge is -2.39. The molecule has 1 atom stereocenters. The van der Waals surface area contributed by atoms with Crippen molar-refractivity contribution in [2.75, 3.05) is 12.4 Å². The lowest BCUT2D eigenvalue weighted by atomic mass is 9.69. The topological polar surface area (TPSA) is 82.3 Å². The summed E-state index contributed by atoms with van der Waals surface area (Å²) in [5, 5.41) is 3.41. The van der Waals surface area contributed by atoms with Gasteiger partial charge in [-0.1, -0.05) is 56.3 Å². The molecule has 1 N–H and O–H groups in total. The Labute approximate surface area is 210 Å². The molecule has 0 spiro atoms. The second kappa shape index (κ2) is 8.97. The van der Waals surface area contributed by atoms with Crippen molar-refractivity contribution in [3.05, 3.63) is 103 Å². The number of fused-ring (bicyclic) bond motifs is 1. The highest BCUT2D eigenvalue weighted by molar-refractivity contribution is 6.01. The molecule has 1 aliphatic carbocycles. The van der Waals surface area contributed by atoms with Gasteiger partial charge in [0.05, 0.1) is 19.2 Å². The Morgan fingerprint density at radius 3 is 2.31 bits per heavy atom. The van der Waals surface area contributed by atoms with Gasteiger partial charge >= 0.3 is 5.69 Å². The molecular weight excluding hydrogens is 454 g/mol. The summed E-state index contributed by atoms with van der Waals surface area (Å²) in [6.07, 6.45) is 1.05. The third-order valence-corrected chi connectivity index (χ3v) is 7.18. The fraction of sp³-hybridized carbons (Fsp3) is 0.345. The number of Topliss-reactive ketones (excluding diaryl/α,β-unsaturated/α-hetero) is 1. The number of anilines is 1. The molecule has 1 aliphatic heterocycles. The van der Waals surface area contributed by atoms with Crippen LogP contribution in [0.5, 0.6) is 5.75 Å². The molecule has 2 aromatic carbocycles. The Kier molecular flexibility index (Phi) is 5.94. The van der Waals surface area contributed by atoms with E-state index < -0.39 is 5.92 Å². The molecule has 7 nitrogen and oxygen atoms in total. The molecule has 2 heterocycles. The van der Waals surface area contributed by atoms with Gasteiger partial charge in [-0.25, -0.2) is 4.79 Å². The molecule has 186 valence electrons. The minimum atomic E-state index is -0.571. The zero-order valence-electron chi connectivity index (χ0n) is 21.1. The van der Waals surface area contributed by atoms with Crippen molar-refractivity contribution in [2.24, 2.45) is 5.41 Å². The molecule has 36 heavy (non-hydrogen) atoms. The van der Waals surface area contributed by atoms with E-state index in [0.717, 1.165) is 16.8 Å². The maximum absolute atomic E-state index is 13.8. The first-order chi connectivity index (χ1) is 17.2. The third kappa shape index (κ3) is 3.98. The molecule has 5 rings (SSSR count). The highest BCUT2D eigenvalue weighted by Gasteiger charge is 2.43. The van der Waals surface area contributed by atoms with Crippen LogP contribution in [0, 0.1) is 5.41 Å². The largest absolute Gasteiger partial charge is 0.497 e. The predicted octanol–water partition coefficient (Wildman–Crippen LogP) is 4.29. The van der Waals surface area contributed by atoms with Gasteiger partial charge in [0, 0.05) is 30.2 Å². The van der Waals surface area contributed by atoms with Crippen molar-refractivity contribution in [1.82, 2.24) is 9.13 Å². The number of rotatable bonds is 5. The first-order valence-electron chi connectivity index (χ1n) is 12.3. The van der Waals surface area contributed by atoms with Crippen LogP contribution >= 0.6 is 0 Å². The van der Waals surface area contributed by atoms with Crippen LogP contribution in [0.1, 0.15) is 56.2 Å². The number of benzene rings is 2. The number of ketones is 1. The Balaban J connectivity index is 1.81. The summed E-state index contributed by atoms with van der Waals surface area (Å²) in [6.45, 7) is 6.48. The van der Waals surface area contributed by atoms with E-state index in [1.807, 2.05) is 54.6 Å². The van der Waals surface area contributed by atoms with Crippen molar-refractivity contribution >= 4 is 11.6 Å². The molecule has 1 aromatic heterocycles. The van der Waals surface area contributed by atoms with Gasteiger partial charge in [-0.15, -0.1) is 0 Å². The number of methoxy groups -OCH3 is 1. The summed E-state index contributed by atoms with van der Waals surface area (Å²) in [5.41, 5.74) is 2.67. The number of hydrogen-bond donors (Lipinski definition) is 1. The van der Waals surface area contributed by atoms with E-state index in [4.69, 9.17) is 4.74 Å². The van der Waals surface area contributed by atoms with Crippen LogP contribution in [0.2, 0.25) is 0 Å². The van der Waals surface area contributed by atoms with Crippen LogP contribution in [-0.2, 0) is 17.9 Å². The van der Waals surface area contributed by atoms with Crippen LogP contribution in [-0.4, -0.2) is 22.0 Å². The molecule has 0 fully saturated rings. The average molecular weight is 486 g/mol. The number of ether oxygens (including phenoxy) is 1. The Bertz CT molecular complexity index is 1480. The molecule has 7 heteroatoms. The summed E-state index contributed by atoms with van der Waals surface area (Å²) in [4.78, 5) is 41.0. The SMILES string of the molecule is CCn1c(=O)c2c(n(Cc3ccccc3)c1=O)NC1=C(C(=O)CC(C)(C)C1)[C@H]2c1ccc(OC)cc1. The standard InChI is InChI=1S/C29H31N3O4/c1-5-31-27(34)25-23(19-11-13-20(36-4)14-12-19)24-21(15-29(2,3)16-22(24)33)30-26(25)32(28(31)35)17-18-9-7-6-8-10-18/h6-14,23,30H,5,15-17H2,1-4H3/t23-/m1/s1. The zero-order chi connectivity index (χ0) is 25.6. The van der Waals surface area contributed by atoms with Gasteiger partial charge in [-0.05, 0) is 42.0 Å². The fourth-order valence-corrected chi connectivity index (χ4v) is 5.51. The van der Waals surface area contributed by atoms with Gasteiger partial charge in [0.2, 0.25) is 0 Å². The summed E-state index contributed by atoms with van der Waals surface area (Å²) in [6, 6.07) is 17.2. The van der Waals surface area contributed by atoms with Crippen LogP contribution in [0.25, 0.3) is 0 Å². The average Bonchev–Trinajstić information content (AvgIpc) is 2.85. The van der Waals surface area contributed by atoms with E-state index in [1.165, 1.54) is 4.57 Å². The summed E-state index contributed by atoms with van der Waals surface area (Å²) in [7, 11) is 1.60. The Morgan fingerprint density at radius 2 is 1.67 bits per heavy atom. The number of carbonyl (C=O) groups is 1. The number of carbonyl (C=O) groups excluding carboxylic acids is 1. The number of aromatic nitrogens is 2. The lowest BCUT2D eigenvalue weighted by Crippen LogP contribution is -2.46. The highest BCUT2D eigenvalue weighted by Crippen LogP contribution is 2.48. The highest BCUT2D eigenvalue weighted by atomic mass is 16.5. The van der Waals surface area contributed by atoms with Gasteiger partial charge in [0.25, 0.3) is 5.56 Å². The lowest BCUT2D eigenvalue weighted by molar-refractivity contribution is -0.118. The molecule has 0 saturated carbocycles. The van der Waals surface area contributed by atoms with Crippen molar-refractivity contribution in [3.63, 3.8) is 0 Å². The van der Waals surface area contributed by atoms with Crippen molar-refractivity contribution in [2.45, 2.75) is 52.6 Å². The molecule has 0 amide bonds. The van der Waals surface area contributed by atoms with E-state index in [1.54, 1.807) is 18.6 Å². The number of nitrogens with one attached hydrogen (secondary N) is 1. The van der Waals surface area contributed by atoms with E-state index in [2.05, 4.69) is 19.2 Å². The molecule has 0 unspecified atom stereocenters. The quantitative estimate of drug-likeness (QED) is 0.583. The monoisotopic (exact) mass is 485 g/mol. The molecule has 0 saturated heterocycles. The zero-order valence-corrected chi connectivity index (χ0v) is 21.1. The summed E-state index contributed by atoms with van der Waals surface area (Å²) >= 11 is 0. The Morgan fingerprint density at radius 1 is 0.972 bits per heavy atom. The van der Waals surface area contributed by atoms with Gasteiger partial charge in [-0.3, -0.25) is 18.7 Å². The van der Waals surface area contributed by atoms with Gasteiger partial charge in [0.15, 0.2) is 5.78 Å². The molecular formula is C29H31N3O4. The molecule has 2 aliphatic rings. The van der Waals surface area contributed by atoms with E-state index in [9.17, 15) is 14.4 Å². The second-order valence-electron chi connectivity index (χ2n) is 10.3. The van der Waals surface area contributed by atoms with Gasteiger partial charge in [-0.2, -0.15) is 0 Å². The first-order valence-corrected chi connectivity index (χ1v) is 12.3. The fourth-order valence-electron chi connectivity index (χ4n) is 5.51. The minimum Gasteiger partial charge on any atom is -0.497 e. The predicted molar refractivity (Wildman–Crippen MR) is 140 cm³/mol. The van der Waals surface area contributed by atoms with Crippen LogP contribution < -0.4 is 21.3 Å². The van der Waals surface area contributed by atoms with Gasteiger partial charge in [0.1, 0.15) is 11.6 Å². The maximum Gasteiger partial charge on any atom is 0.332 e. The molecule has 0 bridgehead atoms. The van der Waals surface area contributed by atoms with Crippen LogP contribution in [0.3, 0.4) is 0 Å². The van der Waals surface area contributed by atoms with Crippen LogP contribution in [0.15, 0.2) is 75.5 Å². The van der Waals surface area contributed by atoms with Gasteiger partial charge < -0.3 is 10.1 Å². The van der Waals surface area contributed by atoms with Crippen molar-refractivity contribution < 1.29 is 9.53 Å². The maximum atomic E-state index is 13.8. The molecule has 0 radical (unpaired) electrons.